The number of hydrogen-bond acceptors (Lipinski definition) is 6. The van der Waals surface area contributed by atoms with E-state index in [0.29, 0.717) is 12.4 Å². The molecule has 1 N–H and O–H groups in total. The van der Waals surface area contributed by atoms with E-state index in [1.165, 1.54) is 4.70 Å². The number of aromatic nitrogens is 3. The number of nitrogens with one attached hydrogen (secondary N) is 1. The lowest BCUT2D eigenvalue weighted by Gasteiger charge is -2.34. The lowest BCUT2D eigenvalue weighted by molar-refractivity contribution is -0.117. The number of thiazole rings is 1. The first kappa shape index (κ1) is 17.0. The Kier molecular flexibility index (Phi) is 4.60. The van der Waals surface area contributed by atoms with Gasteiger partial charge in [0.25, 0.3) is 0 Å². The first-order chi connectivity index (χ1) is 12.6. The molecule has 0 unspecified atom stereocenters. The van der Waals surface area contributed by atoms with Crippen molar-refractivity contribution in [2.24, 2.45) is 7.05 Å². The van der Waals surface area contributed by atoms with Gasteiger partial charge in [0.15, 0.2) is 10.9 Å². The Morgan fingerprint density at radius 2 is 2.00 bits per heavy atom. The van der Waals surface area contributed by atoms with Crippen LogP contribution in [-0.4, -0.2) is 58.3 Å². The molecule has 0 bridgehead atoms. The van der Waals surface area contributed by atoms with Crippen molar-refractivity contribution < 1.29 is 4.79 Å². The Hall–Kier alpha value is -2.45. The average molecular weight is 370 g/mol. The van der Waals surface area contributed by atoms with Crippen LogP contribution in [0.1, 0.15) is 5.69 Å². The van der Waals surface area contributed by atoms with Crippen LogP contribution in [0.25, 0.3) is 10.2 Å². The molecule has 136 valence electrons. The van der Waals surface area contributed by atoms with Crippen LogP contribution in [0.2, 0.25) is 0 Å². The fourth-order valence-electron chi connectivity index (χ4n) is 3.10. The molecule has 0 spiro atoms. The maximum Gasteiger partial charge on any atom is 0.239 e. The summed E-state index contributed by atoms with van der Waals surface area (Å²) in [6.07, 6.45) is 0. The normalized spacial score (nSPS) is 15.5. The van der Waals surface area contributed by atoms with Gasteiger partial charge in [-0.05, 0) is 19.1 Å². The molecular formula is C18H22N6OS. The highest BCUT2D eigenvalue weighted by atomic mass is 32.1. The van der Waals surface area contributed by atoms with Crippen molar-refractivity contribution in [2.75, 3.05) is 42.9 Å². The SMILES string of the molecule is Cc1cc(NC(=O)CN2CCN(c3nc4ccccc4s3)CC2)nn1C. The Balaban J connectivity index is 1.31. The number of fused-ring (bicyclic) bond motifs is 1. The van der Waals surface area contributed by atoms with Crippen LogP contribution in [0.15, 0.2) is 30.3 Å². The van der Waals surface area contributed by atoms with Crippen molar-refractivity contribution in [1.29, 1.82) is 0 Å². The third kappa shape index (κ3) is 3.56. The Morgan fingerprint density at radius 3 is 2.69 bits per heavy atom. The Labute approximate surface area is 156 Å². The minimum atomic E-state index is -0.0171. The van der Waals surface area contributed by atoms with Crippen LogP contribution in [0, 0.1) is 6.92 Å². The van der Waals surface area contributed by atoms with Gasteiger partial charge in [0, 0.05) is 45.0 Å². The molecule has 0 radical (unpaired) electrons. The zero-order valence-corrected chi connectivity index (χ0v) is 15.8. The van der Waals surface area contributed by atoms with Crippen LogP contribution in [0.3, 0.4) is 0 Å². The van der Waals surface area contributed by atoms with Crippen LogP contribution in [0.5, 0.6) is 0 Å². The van der Waals surface area contributed by atoms with Crippen LogP contribution in [-0.2, 0) is 11.8 Å². The highest BCUT2D eigenvalue weighted by Gasteiger charge is 2.21. The minimum absolute atomic E-state index is 0.0171. The molecule has 3 aromatic rings. The maximum atomic E-state index is 12.2. The summed E-state index contributed by atoms with van der Waals surface area (Å²) in [4.78, 5) is 21.5. The second-order valence-corrected chi connectivity index (χ2v) is 7.58. The van der Waals surface area contributed by atoms with Crippen LogP contribution >= 0.6 is 11.3 Å². The highest BCUT2D eigenvalue weighted by Crippen LogP contribution is 2.29. The number of carbonyl (C=O) groups is 1. The van der Waals surface area contributed by atoms with E-state index in [-0.39, 0.29) is 5.91 Å². The number of carbonyl (C=O) groups excluding carboxylic acids is 1. The smallest absolute Gasteiger partial charge is 0.239 e. The molecule has 4 rings (SSSR count). The van der Waals surface area contributed by atoms with Crippen molar-refractivity contribution >= 4 is 38.4 Å². The first-order valence-corrected chi connectivity index (χ1v) is 9.53. The van der Waals surface area contributed by atoms with Gasteiger partial charge in [-0.25, -0.2) is 4.98 Å². The standard InChI is InChI=1S/C18H22N6OS/c1-13-11-16(21-22(13)2)20-17(25)12-23-7-9-24(10-8-23)18-19-14-5-3-4-6-15(14)26-18/h3-6,11H,7-10,12H2,1-2H3,(H,20,21,25). The van der Waals surface area contributed by atoms with Crippen LogP contribution < -0.4 is 10.2 Å². The minimum Gasteiger partial charge on any atom is -0.345 e. The second-order valence-electron chi connectivity index (χ2n) is 6.57. The molecule has 1 fully saturated rings. The fourth-order valence-corrected chi connectivity index (χ4v) is 4.12. The zero-order valence-electron chi connectivity index (χ0n) is 15.0. The summed E-state index contributed by atoms with van der Waals surface area (Å²) in [6, 6.07) is 10.1. The predicted octanol–water partition coefficient (Wildman–Crippen LogP) is 2.10. The summed E-state index contributed by atoms with van der Waals surface area (Å²) in [5, 5.41) is 8.21. The molecular weight excluding hydrogens is 348 g/mol. The highest BCUT2D eigenvalue weighted by molar-refractivity contribution is 7.22. The second kappa shape index (κ2) is 7.05. The van der Waals surface area contributed by atoms with E-state index in [4.69, 9.17) is 4.98 Å². The molecule has 1 amide bonds. The average Bonchev–Trinajstić information content (AvgIpc) is 3.18. The van der Waals surface area contributed by atoms with Gasteiger partial charge in [0.05, 0.1) is 16.8 Å². The number of aryl methyl sites for hydroxylation is 2. The van der Waals surface area contributed by atoms with Crippen molar-refractivity contribution in [1.82, 2.24) is 19.7 Å². The van der Waals surface area contributed by atoms with Gasteiger partial charge in [-0.2, -0.15) is 5.10 Å². The van der Waals surface area contributed by atoms with E-state index < -0.39 is 0 Å². The largest absolute Gasteiger partial charge is 0.345 e. The number of benzene rings is 1. The predicted molar refractivity (Wildman–Crippen MR) is 105 cm³/mol. The molecule has 2 aromatic heterocycles. The van der Waals surface area contributed by atoms with Gasteiger partial charge in [-0.1, -0.05) is 23.5 Å². The van der Waals surface area contributed by atoms with E-state index in [2.05, 4.69) is 32.3 Å². The quantitative estimate of drug-likeness (QED) is 0.762. The van der Waals surface area contributed by atoms with Crippen molar-refractivity contribution in [3.05, 3.63) is 36.0 Å². The monoisotopic (exact) mass is 370 g/mol. The van der Waals surface area contributed by atoms with Gasteiger partial charge in [0.1, 0.15) is 0 Å². The van der Waals surface area contributed by atoms with E-state index in [1.54, 1.807) is 16.0 Å². The molecule has 0 aliphatic carbocycles. The number of hydrogen-bond donors (Lipinski definition) is 1. The summed E-state index contributed by atoms with van der Waals surface area (Å²) >= 11 is 1.73. The Morgan fingerprint density at radius 1 is 1.23 bits per heavy atom. The number of rotatable bonds is 4. The van der Waals surface area contributed by atoms with Gasteiger partial charge in [0.2, 0.25) is 5.91 Å². The summed E-state index contributed by atoms with van der Waals surface area (Å²) in [6.45, 7) is 5.83. The van der Waals surface area contributed by atoms with Gasteiger partial charge >= 0.3 is 0 Å². The molecule has 0 saturated carbocycles. The summed E-state index contributed by atoms with van der Waals surface area (Å²) in [5.41, 5.74) is 2.07. The van der Waals surface area contributed by atoms with Crippen molar-refractivity contribution in [3.63, 3.8) is 0 Å². The molecule has 0 atom stereocenters. The third-order valence-electron chi connectivity index (χ3n) is 4.67. The summed E-state index contributed by atoms with van der Waals surface area (Å²) in [7, 11) is 1.87. The van der Waals surface area contributed by atoms with Crippen molar-refractivity contribution in [2.45, 2.75) is 6.92 Å². The van der Waals surface area contributed by atoms with E-state index >= 15 is 0 Å². The van der Waals surface area contributed by atoms with Crippen molar-refractivity contribution in [3.8, 4) is 0 Å². The number of amides is 1. The molecule has 1 aliphatic heterocycles. The first-order valence-electron chi connectivity index (χ1n) is 8.72. The van der Waals surface area contributed by atoms with E-state index in [0.717, 1.165) is 42.5 Å². The lowest BCUT2D eigenvalue weighted by Crippen LogP contribution is -2.48. The lowest BCUT2D eigenvalue weighted by atomic mass is 10.3. The molecule has 8 heteroatoms. The zero-order chi connectivity index (χ0) is 18.1. The molecule has 7 nitrogen and oxygen atoms in total. The number of piperazine rings is 1. The van der Waals surface area contributed by atoms with Gasteiger partial charge < -0.3 is 10.2 Å². The maximum absolute atomic E-state index is 12.2. The van der Waals surface area contributed by atoms with E-state index in [1.807, 2.05) is 32.2 Å². The Bertz CT molecular complexity index is 872. The van der Waals surface area contributed by atoms with Crippen LogP contribution in [0.4, 0.5) is 10.9 Å². The number of anilines is 2. The molecule has 1 saturated heterocycles. The molecule has 3 heterocycles. The molecule has 1 aromatic carbocycles. The summed E-state index contributed by atoms with van der Waals surface area (Å²) in [5.74, 6) is 0.597. The fraction of sp³-hybridized carbons (Fsp3) is 0.389. The third-order valence-corrected chi connectivity index (χ3v) is 5.77. The van der Waals surface area contributed by atoms with E-state index in [9.17, 15) is 4.79 Å². The summed E-state index contributed by atoms with van der Waals surface area (Å²) < 4.78 is 2.97. The van der Waals surface area contributed by atoms with Gasteiger partial charge in [-0.15, -0.1) is 0 Å². The topological polar surface area (TPSA) is 66.3 Å². The number of para-hydroxylation sites is 1. The van der Waals surface area contributed by atoms with Gasteiger partial charge in [-0.3, -0.25) is 14.4 Å². The molecule has 26 heavy (non-hydrogen) atoms. The molecule has 1 aliphatic rings. The number of nitrogens with zero attached hydrogens (tertiary/aromatic N) is 5.